The number of likely N-dealkylation sites (tertiary alicyclic amines) is 1. The van der Waals surface area contributed by atoms with E-state index < -0.39 is 27.6 Å². The van der Waals surface area contributed by atoms with Gasteiger partial charge in [0.1, 0.15) is 0 Å². The van der Waals surface area contributed by atoms with E-state index in [1.54, 1.807) is 13.8 Å². The first-order valence-corrected chi connectivity index (χ1v) is 13.1. The number of nitrogens with zero attached hydrogens (tertiary/aromatic N) is 4. The molecule has 0 radical (unpaired) electrons. The summed E-state index contributed by atoms with van der Waals surface area (Å²) >= 11 is 0. The Kier molecular flexibility index (Phi) is 6.74. The third kappa shape index (κ3) is 5.27. The SMILES string of the molecule is Cc1nn(-c2ccc(C(F)(F)F)cn2)c(C)c1CC(=O)N[C@H]1CS(=O)(=O)C[C@H]1N1CCCCC1. The van der Waals surface area contributed by atoms with Crippen LogP contribution in [0.3, 0.4) is 0 Å². The van der Waals surface area contributed by atoms with Crippen molar-refractivity contribution >= 4 is 15.7 Å². The second-order valence-corrected chi connectivity index (χ2v) is 11.2. The third-order valence-electron chi connectivity index (χ3n) is 6.60. The van der Waals surface area contributed by atoms with E-state index in [-0.39, 0.29) is 35.7 Å². The van der Waals surface area contributed by atoms with E-state index in [4.69, 9.17) is 0 Å². The second-order valence-electron chi connectivity index (χ2n) is 9.06. The monoisotopic (exact) mass is 499 g/mol. The Morgan fingerprint density at radius 1 is 1.15 bits per heavy atom. The Morgan fingerprint density at radius 3 is 2.47 bits per heavy atom. The number of nitrogens with one attached hydrogen (secondary N) is 1. The Labute approximate surface area is 196 Å². The number of amides is 1. The van der Waals surface area contributed by atoms with Gasteiger partial charge in [0.2, 0.25) is 5.91 Å². The molecule has 2 fully saturated rings. The largest absolute Gasteiger partial charge is 0.417 e. The van der Waals surface area contributed by atoms with Crippen molar-refractivity contribution in [1.82, 2.24) is 25.0 Å². The molecule has 0 spiro atoms. The van der Waals surface area contributed by atoms with Crippen LogP contribution in [0.1, 0.15) is 41.8 Å². The minimum Gasteiger partial charge on any atom is -0.350 e. The lowest BCUT2D eigenvalue weighted by Gasteiger charge is -2.35. The molecule has 2 saturated heterocycles. The number of rotatable bonds is 5. The first-order valence-electron chi connectivity index (χ1n) is 11.3. The predicted molar refractivity (Wildman–Crippen MR) is 119 cm³/mol. The zero-order chi connectivity index (χ0) is 24.7. The predicted octanol–water partition coefficient (Wildman–Crippen LogP) is 2.21. The van der Waals surface area contributed by atoms with Crippen LogP contribution in [0.2, 0.25) is 0 Å². The lowest BCUT2D eigenvalue weighted by molar-refractivity contribution is -0.137. The molecule has 0 aromatic carbocycles. The zero-order valence-electron chi connectivity index (χ0n) is 19.1. The molecule has 186 valence electrons. The quantitative estimate of drug-likeness (QED) is 0.678. The van der Waals surface area contributed by atoms with Crippen LogP contribution in [0.15, 0.2) is 18.3 Å². The molecular formula is C22H28F3N5O3S. The highest BCUT2D eigenvalue weighted by Gasteiger charge is 2.42. The van der Waals surface area contributed by atoms with Crippen LogP contribution in [-0.2, 0) is 27.2 Å². The van der Waals surface area contributed by atoms with Crippen molar-refractivity contribution in [3.05, 3.63) is 40.8 Å². The number of halogens is 3. The number of hydrogen-bond acceptors (Lipinski definition) is 6. The summed E-state index contributed by atoms with van der Waals surface area (Å²) in [5, 5.41) is 7.28. The minimum atomic E-state index is -4.48. The molecule has 8 nitrogen and oxygen atoms in total. The summed E-state index contributed by atoms with van der Waals surface area (Å²) in [4.78, 5) is 19.0. The van der Waals surface area contributed by atoms with Crippen LogP contribution in [0.25, 0.3) is 5.82 Å². The van der Waals surface area contributed by atoms with E-state index in [2.05, 4.69) is 20.3 Å². The van der Waals surface area contributed by atoms with Gasteiger partial charge in [-0.05, 0) is 51.9 Å². The standard InChI is InChI=1S/C22H28F3N5O3S/c1-14-17(15(2)30(28-14)20-7-6-16(11-26-20)22(23,24)25)10-21(31)27-18-12-34(32,33)13-19(18)29-8-4-3-5-9-29/h6-7,11,18-19H,3-5,8-10,12-13H2,1-2H3,(H,27,31)/t18-,19+/m0/s1. The Morgan fingerprint density at radius 2 is 1.85 bits per heavy atom. The number of hydrogen-bond donors (Lipinski definition) is 1. The number of aryl methyl sites for hydroxylation is 1. The fraction of sp³-hybridized carbons (Fsp3) is 0.591. The first kappa shape index (κ1) is 24.6. The molecule has 2 atom stereocenters. The molecule has 2 aliphatic rings. The van der Waals surface area contributed by atoms with Gasteiger partial charge < -0.3 is 5.32 Å². The van der Waals surface area contributed by atoms with Gasteiger partial charge in [-0.1, -0.05) is 6.42 Å². The van der Waals surface area contributed by atoms with Crippen LogP contribution < -0.4 is 5.32 Å². The number of piperidine rings is 1. The summed E-state index contributed by atoms with van der Waals surface area (Å²) in [6.07, 6.45) is -0.576. The van der Waals surface area contributed by atoms with Gasteiger partial charge in [-0.15, -0.1) is 0 Å². The highest BCUT2D eigenvalue weighted by molar-refractivity contribution is 7.91. The van der Waals surface area contributed by atoms with E-state index in [0.717, 1.165) is 44.6 Å². The smallest absolute Gasteiger partial charge is 0.350 e. The maximum atomic E-state index is 12.9. The van der Waals surface area contributed by atoms with Crippen molar-refractivity contribution in [2.75, 3.05) is 24.6 Å². The van der Waals surface area contributed by atoms with E-state index in [1.807, 2.05) is 0 Å². The summed E-state index contributed by atoms with van der Waals surface area (Å²) in [5.41, 5.74) is 0.925. The maximum absolute atomic E-state index is 12.9. The van der Waals surface area contributed by atoms with Gasteiger partial charge in [0, 0.05) is 23.5 Å². The van der Waals surface area contributed by atoms with Gasteiger partial charge in [0.25, 0.3) is 0 Å². The topological polar surface area (TPSA) is 97.2 Å². The van der Waals surface area contributed by atoms with Crippen LogP contribution in [0.5, 0.6) is 0 Å². The number of aromatic nitrogens is 3. The number of sulfone groups is 1. The second kappa shape index (κ2) is 9.29. The summed E-state index contributed by atoms with van der Waals surface area (Å²) in [6.45, 7) is 5.10. The van der Waals surface area contributed by atoms with E-state index >= 15 is 0 Å². The van der Waals surface area contributed by atoms with Gasteiger partial charge in [-0.3, -0.25) is 9.69 Å². The molecule has 0 aliphatic carbocycles. The molecule has 12 heteroatoms. The van der Waals surface area contributed by atoms with Crippen LogP contribution in [-0.4, -0.2) is 70.7 Å². The van der Waals surface area contributed by atoms with Gasteiger partial charge in [0.15, 0.2) is 15.7 Å². The van der Waals surface area contributed by atoms with Crippen LogP contribution >= 0.6 is 0 Å². The summed E-state index contributed by atoms with van der Waals surface area (Å²) < 4.78 is 64.5. The Hall–Kier alpha value is -2.47. The Balaban J connectivity index is 1.48. The maximum Gasteiger partial charge on any atom is 0.417 e. The zero-order valence-corrected chi connectivity index (χ0v) is 19.9. The third-order valence-corrected chi connectivity index (χ3v) is 8.32. The molecule has 2 aromatic rings. The van der Waals surface area contributed by atoms with Crippen molar-refractivity contribution in [2.45, 2.75) is 57.8 Å². The lowest BCUT2D eigenvalue weighted by Crippen LogP contribution is -2.52. The summed E-state index contributed by atoms with van der Waals surface area (Å²) in [5.74, 6) is -0.123. The molecule has 34 heavy (non-hydrogen) atoms. The average Bonchev–Trinajstić information content (AvgIpc) is 3.23. The van der Waals surface area contributed by atoms with Gasteiger partial charge in [-0.25, -0.2) is 18.1 Å². The first-order chi connectivity index (χ1) is 15.9. The van der Waals surface area contributed by atoms with Crippen molar-refractivity contribution in [2.24, 2.45) is 0 Å². The molecule has 2 aromatic heterocycles. The number of carbonyl (C=O) groups excluding carboxylic acids is 1. The Bertz CT molecular complexity index is 1160. The molecule has 0 bridgehead atoms. The summed E-state index contributed by atoms with van der Waals surface area (Å²) in [7, 11) is -3.24. The van der Waals surface area contributed by atoms with Gasteiger partial charge in [0.05, 0.1) is 35.2 Å². The highest BCUT2D eigenvalue weighted by Crippen LogP contribution is 2.29. The fourth-order valence-electron chi connectivity index (χ4n) is 4.83. The molecular weight excluding hydrogens is 471 g/mol. The van der Waals surface area contributed by atoms with E-state index in [1.165, 1.54) is 10.7 Å². The van der Waals surface area contributed by atoms with Crippen LogP contribution in [0, 0.1) is 13.8 Å². The molecule has 4 rings (SSSR count). The summed E-state index contributed by atoms with van der Waals surface area (Å²) in [6, 6.07) is 1.48. The van der Waals surface area contributed by atoms with E-state index in [9.17, 15) is 26.4 Å². The van der Waals surface area contributed by atoms with Gasteiger partial charge >= 0.3 is 6.18 Å². The molecule has 2 aliphatic heterocycles. The van der Waals surface area contributed by atoms with Crippen molar-refractivity contribution in [3.63, 3.8) is 0 Å². The molecule has 1 amide bonds. The average molecular weight is 500 g/mol. The van der Waals surface area contributed by atoms with Crippen molar-refractivity contribution in [1.29, 1.82) is 0 Å². The molecule has 0 unspecified atom stereocenters. The number of alkyl halides is 3. The fourth-order valence-corrected chi connectivity index (χ4v) is 6.78. The van der Waals surface area contributed by atoms with Crippen LogP contribution in [0.4, 0.5) is 13.2 Å². The number of pyridine rings is 1. The minimum absolute atomic E-state index is 0.0123. The molecule has 0 saturated carbocycles. The van der Waals surface area contributed by atoms with Crippen molar-refractivity contribution in [3.8, 4) is 5.82 Å². The van der Waals surface area contributed by atoms with Crippen molar-refractivity contribution < 1.29 is 26.4 Å². The van der Waals surface area contributed by atoms with Gasteiger partial charge in [-0.2, -0.15) is 18.3 Å². The normalized spacial score (nSPS) is 23.2. The van der Waals surface area contributed by atoms with E-state index in [0.29, 0.717) is 17.0 Å². The lowest BCUT2D eigenvalue weighted by atomic mass is 10.0. The number of carbonyl (C=O) groups is 1. The molecule has 1 N–H and O–H groups in total. The molecule has 4 heterocycles. The highest BCUT2D eigenvalue weighted by atomic mass is 32.2.